The van der Waals surface area contributed by atoms with Gasteiger partial charge in [-0.2, -0.15) is 5.10 Å². The maximum absolute atomic E-state index is 11.9. The number of benzene rings is 2. The number of rotatable bonds is 4. The lowest BCUT2D eigenvalue weighted by Gasteiger charge is -2.05. The number of nitrogens with zero attached hydrogens (tertiary/aromatic N) is 1. The summed E-state index contributed by atoms with van der Waals surface area (Å²) in [7, 11) is 1.61. The first-order valence-corrected chi connectivity index (χ1v) is 7.27. The van der Waals surface area contributed by atoms with Gasteiger partial charge in [0, 0.05) is 4.47 Å². The Labute approximate surface area is 136 Å². The monoisotopic (exact) mass is 362 g/mol. The van der Waals surface area contributed by atoms with Gasteiger partial charge in [0.15, 0.2) is 0 Å². The zero-order valence-corrected chi connectivity index (χ0v) is 13.7. The number of amides is 1. The number of hydrogen-bond donors (Lipinski definition) is 2. The molecule has 22 heavy (non-hydrogen) atoms. The fourth-order valence-corrected chi connectivity index (χ4v) is 2.26. The molecule has 0 bridgehead atoms. The third kappa shape index (κ3) is 3.85. The summed E-state index contributed by atoms with van der Waals surface area (Å²) in [5.74, 6) is 0.205. The molecule has 0 aliphatic rings. The number of aromatic hydroxyl groups is 1. The van der Waals surface area contributed by atoms with E-state index in [-0.39, 0.29) is 11.3 Å². The minimum atomic E-state index is -0.486. The molecule has 6 heteroatoms. The summed E-state index contributed by atoms with van der Waals surface area (Å²) in [6.45, 7) is 1.92. The van der Waals surface area contributed by atoms with Crippen LogP contribution >= 0.6 is 15.9 Å². The standard InChI is InChI=1S/C16H15BrN2O3/c1-10-7-11(3-6-15(10)22-2)9-18-19-16(21)13-8-12(17)4-5-14(13)20/h3-9,20H,1-2H3,(H,19,21)/b18-9+. The minimum absolute atomic E-state index is 0.101. The van der Waals surface area contributed by atoms with Crippen molar-refractivity contribution in [1.29, 1.82) is 0 Å². The van der Waals surface area contributed by atoms with E-state index in [1.807, 2.05) is 25.1 Å². The van der Waals surface area contributed by atoms with Crippen molar-refractivity contribution in [2.24, 2.45) is 5.10 Å². The largest absolute Gasteiger partial charge is 0.507 e. The Morgan fingerprint density at radius 1 is 1.32 bits per heavy atom. The predicted molar refractivity (Wildman–Crippen MR) is 88.6 cm³/mol. The highest BCUT2D eigenvalue weighted by molar-refractivity contribution is 9.10. The van der Waals surface area contributed by atoms with E-state index in [2.05, 4.69) is 26.5 Å². The van der Waals surface area contributed by atoms with Gasteiger partial charge in [0.2, 0.25) is 0 Å². The van der Waals surface area contributed by atoms with Crippen molar-refractivity contribution >= 4 is 28.1 Å². The molecule has 2 rings (SSSR count). The molecule has 0 atom stereocenters. The molecule has 2 N–H and O–H groups in total. The third-order valence-electron chi connectivity index (χ3n) is 3.00. The zero-order valence-electron chi connectivity index (χ0n) is 12.1. The highest BCUT2D eigenvalue weighted by atomic mass is 79.9. The summed E-state index contributed by atoms with van der Waals surface area (Å²) in [5.41, 5.74) is 4.34. The summed E-state index contributed by atoms with van der Waals surface area (Å²) in [5, 5.41) is 13.6. The fraction of sp³-hybridized carbons (Fsp3) is 0.125. The van der Waals surface area contributed by atoms with Gasteiger partial charge in [-0.3, -0.25) is 4.79 Å². The second-order valence-corrected chi connectivity index (χ2v) is 5.51. The SMILES string of the molecule is COc1ccc(/C=N/NC(=O)c2cc(Br)ccc2O)cc1C. The molecule has 0 heterocycles. The highest BCUT2D eigenvalue weighted by Crippen LogP contribution is 2.21. The lowest BCUT2D eigenvalue weighted by Crippen LogP contribution is -2.17. The number of carbonyl (C=O) groups excluding carboxylic acids is 1. The van der Waals surface area contributed by atoms with E-state index < -0.39 is 5.91 Å². The lowest BCUT2D eigenvalue weighted by molar-refractivity contribution is 0.0952. The van der Waals surface area contributed by atoms with E-state index in [1.165, 1.54) is 18.3 Å². The molecule has 5 nitrogen and oxygen atoms in total. The molecule has 0 radical (unpaired) electrons. The molecule has 0 fully saturated rings. The van der Waals surface area contributed by atoms with Crippen LogP contribution in [0.3, 0.4) is 0 Å². The number of nitrogens with one attached hydrogen (secondary N) is 1. The normalized spacial score (nSPS) is 10.7. The van der Waals surface area contributed by atoms with Gasteiger partial charge in [0.1, 0.15) is 11.5 Å². The van der Waals surface area contributed by atoms with Crippen molar-refractivity contribution in [3.63, 3.8) is 0 Å². The lowest BCUT2D eigenvalue weighted by atomic mass is 10.1. The molecule has 0 saturated heterocycles. The predicted octanol–water partition coefficient (Wildman–Crippen LogP) is 3.24. The van der Waals surface area contributed by atoms with Gasteiger partial charge in [0.25, 0.3) is 5.91 Å². The van der Waals surface area contributed by atoms with E-state index in [0.717, 1.165) is 16.9 Å². The van der Waals surface area contributed by atoms with Crippen LogP contribution in [-0.2, 0) is 0 Å². The number of hydrazone groups is 1. The van der Waals surface area contributed by atoms with Crippen LogP contribution in [0.25, 0.3) is 0 Å². The third-order valence-corrected chi connectivity index (χ3v) is 3.50. The molecule has 114 valence electrons. The number of methoxy groups -OCH3 is 1. The quantitative estimate of drug-likeness (QED) is 0.647. The maximum Gasteiger partial charge on any atom is 0.275 e. The average molecular weight is 363 g/mol. The second-order valence-electron chi connectivity index (χ2n) is 4.59. The van der Waals surface area contributed by atoms with Crippen LogP contribution < -0.4 is 10.2 Å². The maximum atomic E-state index is 11.9. The number of aryl methyl sites for hydroxylation is 1. The topological polar surface area (TPSA) is 70.9 Å². The molecule has 0 aliphatic heterocycles. The van der Waals surface area contributed by atoms with E-state index in [9.17, 15) is 9.90 Å². The molecule has 0 aliphatic carbocycles. The van der Waals surface area contributed by atoms with E-state index >= 15 is 0 Å². The zero-order chi connectivity index (χ0) is 16.1. The van der Waals surface area contributed by atoms with Gasteiger partial charge in [-0.25, -0.2) is 5.43 Å². The van der Waals surface area contributed by atoms with Crippen LogP contribution in [-0.4, -0.2) is 24.3 Å². The van der Waals surface area contributed by atoms with Crippen LogP contribution in [0, 0.1) is 6.92 Å². The number of ether oxygens (including phenoxy) is 1. The van der Waals surface area contributed by atoms with E-state index in [0.29, 0.717) is 4.47 Å². The molecule has 1 amide bonds. The second kappa shape index (κ2) is 7.09. The fourth-order valence-electron chi connectivity index (χ4n) is 1.90. The van der Waals surface area contributed by atoms with Crippen molar-refractivity contribution in [1.82, 2.24) is 5.43 Å². The molecular weight excluding hydrogens is 348 g/mol. The highest BCUT2D eigenvalue weighted by Gasteiger charge is 2.10. The number of hydrogen-bond acceptors (Lipinski definition) is 4. The van der Waals surface area contributed by atoms with Crippen molar-refractivity contribution in [3.05, 3.63) is 57.6 Å². The molecule has 2 aromatic rings. The van der Waals surface area contributed by atoms with Crippen LogP contribution in [0.4, 0.5) is 0 Å². The average Bonchev–Trinajstić information content (AvgIpc) is 2.49. The minimum Gasteiger partial charge on any atom is -0.507 e. The Morgan fingerprint density at radius 2 is 2.09 bits per heavy atom. The van der Waals surface area contributed by atoms with Crippen LogP contribution in [0.15, 0.2) is 46.0 Å². The first-order valence-electron chi connectivity index (χ1n) is 6.48. The Kier molecular flexibility index (Phi) is 5.16. The Balaban J connectivity index is 2.07. The van der Waals surface area contributed by atoms with Crippen molar-refractivity contribution in [2.45, 2.75) is 6.92 Å². The van der Waals surface area contributed by atoms with E-state index in [1.54, 1.807) is 13.2 Å². The Hall–Kier alpha value is -2.34. The molecular formula is C16H15BrN2O3. The summed E-state index contributed by atoms with van der Waals surface area (Å²) < 4.78 is 5.88. The number of carbonyl (C=O) groups is 1. The first kappa shape index (κ1) is 16.0. The summed E-state index contributed by atoms with van der Waals surface area (Å²) >= 11 is 3.25. The van der Waals surface area contributed by atoms with Gasteiger partial charge in [-0.05, 0) is 54.4 Å². The van der Waals surface area contributed by atoms with Crippen molar-refractivity contribution in [3.8, 4) is 11.5 Å². The van der Waals surface area contributed by atoms with Gasteiger partial charge >= 0.3 is 0 Å². The summed E-state index contributed by atoms with van der Waals surface area (Å²) in [6, 6.07) is 10.2. The summed E-state index contributed by atoms with van der Waals surface area (Å²) in [6.07, 6.45) is 1.53. The molecule has 0 aromatic heterocycles. The first-order chi connectivity index (χ1) is 10.5. The van der Waals surface area contributed by atoms with Gasteiger partial charge in [0.05, 0.1) is 18.9 Å². The molecule has 2 aromatic carbocycles. The van der Waals surface area contributed by atoms with Crippen molar-refractivity contribution in [2.75, 3.05) is 7.11 Å². The van der Waals surface area contributed by atoms with Crippen LogP contribution in [0.2, 0.25) is 0 Å². The van der Waals surface area contributed by atoms with E-state index in [4.69, 9.17) is 4.74 Å². The smallest absolute Gasteiger partial charge is 0.275 e. The van der Waals surface area contributed by atoms with Gasteiger partial charge in [-0.15, -0.1) is 0 Å². The Bertz CT molecular complexity index is 729. The summed E-state index contributed by atoms with van der Waals surface area (Å²) in [4.78, 5) is 11.9. The van der Waals surface area contributed by atoms with Gasteiger partial charge < -0.3 is 9.84 Å². The number of phenolic OH excluding ortho intramolecular Hbond substituents is 1. The molecule has 0 saturated carbocycles. The van der Waals surface area contributed by atoms with Crippen LogP contribution in [0.1, 0.15) is 21.5 Å². The Morgan fingerprint density at radius 3 is 2.77 bits per heavy atom. The molecule has 0 unspecified atom stereocenters. The number of halogens is 1. The van der Waals surface area contributed by atoms with Crippen molar-refractivity contribution < 1.29 is 14.6 Å². The van der Waals surface area contributed by atoms with Crippen LogP contribution in [0.5, 0.6) is 11.5 Å². The number of phenols is 1. The van der Waals surface area contributed by atoms with Gasteiger partial charge in [-0.1, -0.05) is 15.9 Å². The molecule has 0 spiro atoms.